The molecule has 0 atom stereocenters. The number of para-hydroxylation sites is 1. The number of aromatic nitrogens is 1. The van der Waals surface area contributed by atoms with Crippen LogP contribution in [-0.4, -0.2) is 47.0 Å². The summed E-state index contributed by atoms with van der Waals surface area (Å²) in [6, 6.07) is 13.3. The van der Waals surface area contributed by atoms with Gasteiger partial charge in [0.15, 0.2) is 4.80 Å². The van der Waals surface area contributed by atoms with Crippen molar-refractivity contribution >= 4 is 56.8 Å². The van der Waals surface area contributed by atoms with Gasteiger partial charge >= 0.3 is 5.97 Å². The molecule has 0 saturated carbocycles. The van der Waals surface area contributed by atoms with Crippen molar-refractivity contribution in [2.24, 2.45) is 4.99 Å². The van der Waals surface area contributed by atoms with Gasteiger partial charge in [-0.3, -0.25) is 9.59 Å². The highest BCUT2D eigenvalue weighted by atomic mass is 32.2. The number of nitrogens with zero attached hydrogens (tertiary/aromatic N) is 3. The van der Waals surface area contributed by atoms with Gasteiger partial charge in [0, 0.05) is 18.8 Å². The van der Waals surface area contributed by atoms with Crippen LogP contribution in [0.25, 0.3) is 10.2 Å². The van der Waals surface area contributed by atoms with Crippen LogP contribution in [0.3, 0.4) is 0 Å². The molecule has 0 fully saturated rings. The summed E-state index contributed by atoms with van der Waals surface area (Å²) in [5, 5.41) is 0. The van der Waals surface area contributed by atoms with Gasteiger partial charge in [0.05, 0.1) is 33.9 Å². The van der Waals surface area contributed by atoms with E-state index >= 15 is 0 Å². The molecule has 2 heterocycles. The highest BCUT2D eigenvalue weighted by Crippen LogP contribution is 2.27. The van der Waals surface area contributed by atoms with Crippen molar-refractivity contribution in [1.29, 1.82) is 0 Å². The van der Waals surface area contributed by atoms with Crippen molar-refractivity contribution < 1.29 is 19.1 Å². The van der Waals surface area contributed by atoms with Crippen LogP contribution in [0.1, 0.15) is 29.3 Å². The van der Waals surface area contributed by atoms with Gasteiger partial charge in [0.1, 0.15) is 0 Å². The average molecular weight is 510 g/mol. The number of anilines is 1. The summed E-state index contributed by atoms with van der Waals surface area (Å²) in [4.78, 5) is 44.2. The first-order valence-electron chi connectivity index (χ1n) is 11.5. The van der Waals surface area contributed by atoms with Crippen LogP contribution in [0.2, 0.25) is 0 Å². The summed E-state index contributed by atoms with van der Waals surface area (Å²) in [6.07, 6.45) is 3.65. The van der Waals surface area contributed by atoms with E-state index in [4.69, 9.17) is 4.74 Å². The molecule has 0 unspecified atom stereocenters. The van der Waals surface area contributed by atoms with Gasteiger partial charge in [-0.1, -0.05) is 35.6 Å². The SMILES string of the molecule is C=CCn1c(=NC(=O)CSCC(=O)N2CCCc3ccccc32)sc2cc(C(=O)OCC)ccc21. The minimum absolute atomic E-state index is 0.00466. The van der Waals surface area contributed by atoms with E-state index in [0.29, 0.717) is 30.1 Å². The third-order valence-electron chi connectivity index (χ3n) is 5.59. The molecule has 0 N–H and O–H groups in total. The second-order valence-electron chi connectivity index (χ2n) is 7.96. The van der Waals surface area contributed by atoms with E-state index in [1.165, 1.54) is 28.7 Å². The summed E-state index contributed by atoms with van der Waals surface area (Å²) >= 11 is 2.61. The lowest BCUT2D eigenvalue weighted by atomic mass is 10.0. The van der Waals surface area contributed by atoms with E-state index in [-0.39, 0.29) is 29.3 Å². The van der Waals surface area contributed by atoms with Crippen LogP contribution in [-0.2, 0) is 27.3 Å². The van der Waals surface area contributed by atoms with E-state index in [1.807, 2.05) is 33.7 Å². The van der Waals surface area contributed by atoms with Crippen molar-refractivity contribution in [2.45, 2.75) is 26.3 Å². The number of aryl methyl sites for hydroxylation is 1. The van der Waals surface area contributed by atoms with Crippen molar-refractivity contribution in [3.8, 4) is 0 Å². The van der Waals surface area contributed by atoms with Crippen LogP contribution in [0.5, 0.6) is 0 Å². The molecule has 2 aromatic carbocycles. The number of rotatable bonds is 8. The minimum Gasteiger partial charge on any atom is -0.462 e. The van der Waals surface area contributed by atoms with Crippen molar-refractivity contribution in [1.82, 2.24) is 4.57 Å². The molecular formula is C26H27N3O4S2. The summed E-state index contributed by atoms with van der Waals surface area (Å²) in [5.41, 5.74) is 3.47. The number of carbonyl (C=O) groups is 3. The summed E-state index contributed by atoms with van der Waals surface area (Å²) < 4.78 is 7.80. The average Bonchev–Trinajstić information content (AvgIpc) is 3.19. The molecule has 7 nitrogen and oxygen atoms in total. The summed E-state index contributed by atoms with van der Waals surface area (Å²) in [7, 11) is 0. The Labute approximate surface area is 212 Å². The van der Waals surface area contributed by atoms with Crippen LogP contribution in [0.4, 0.5) is 5.69 Å². The molecule has 0 aliphatic carbocycles. The number of fused-ring (bicyclic) bond motifs is 2. The Morgan fingerprint density at radius 2 is 2.03 bits per heavy atom. The number of hydrogen-bond donors (Lipinski definition) is 0. The Morgan fingerprint density at radius 1 is 1.20 bits per heavy atom. The second kappa shape index (κ2) is 11.5. The lowest BCUT2D eigenvalue weighted by Crippen LogP contribution is -2.36. The number of amides is 2. The van der Waals surface area contributed by atoms with E-state index in [9.17, 15) is 14.4 Å². The number of thiazole rings is 1. The van der Waals surface area contributed by atoms with Crippen LogP contribution in [0, 0.1) is 0 Å². The van der Waals surface area contributed by atoms with Gasteiger partial charge < -0.3 is 14.2 Å². The maximum Gasteiger partial charge on any atom is 0.338 e. The second-order valence-corrected chi connectivity index (χ2v) is 9.96. The fraction of sp³-hybridized carbons (Fsp3) is 0.308. The van der Waals surface area contributed by atoms with Gasteiger partial charge in [-0.15, -0.1) is 18.3 Å². The first-order chi connectivity index (χ1) is 17.0. The molecule has 9 heteroatoms. The highest BCUT2D eigenvalue weighted by Gasteiger charge is 2.22. The van der Waals surface area contributed by atoms with Gasteiger partial charge in [0.2, 0.25) is 5.91 Å². The lowest BCUT2D eigenvalue weighted by molar-refractivity contribution is -0.116. The van der Waals surface area contributed by atoms with Gasteiger partial charge in [0.25, 0.3) is 5.91 Å². The monoisotopic (exact) mass is 509 g/mol. The van der Waals surface area contributed by atoms with Crippen molar-refractivity contribution in [2.75, 3.05) is 29.6 Å². The van der Waals surface area contributed by atoms with E-state index in [2.05, 4.69) is 17.6 Å². The Bertz CT molecular complexity index is 1340. The Morgan fingerprint density at radius 3 is 2.83 bits per heavy atom. The molecule has 0 bridgehead atoms. The van der Waals surface area contributed by atoms with Gasteiger partial charge in [-0.25, -0.2) is 4.79 Å². The fourth-order valence-electron chi connectivity index (χ4n) is 4.04. The van der Waals surface area contributed by atoms with Crippen LogP contribution >= 0.6 is 23.1 Å². The summed E-state index contributed by atoms with van der Waals surface area (Å²) in [6.45, 7) is 7.04. The predicted molar refractivity (Wildman–Crippen MR) is 141 cm³/mol. The molecule has 1 aromatic heterocycles. The zero-order valence-corrected chi connectivity index (χ0v) is 21.2. The minimum atomic E-state index is -0.384. The maximum atomic E-state index is 12.8. The quantitative estimate of drug-likeness (QED) is 0.336. The first kappa shape index (κ1) is 24.9. The van der Waals surface area contributed by atoms with Crippen molar-refractivity contribution in [3.05, 3.63) is 71.0 Å². The van der Waals surface area contributed by atoms with Crippen LogP contribution < -0.4 is 9.70 Å². The normalized spacial score (nSPS) is 13.5. The molecule has 3 aromatic rings. The molecule has 0 radical (unpaired) electrons. The standard InChI is InChI=1S/C26H27N3O4S2/c1-3-13-29-21-12-11-19(25(32)33-4-2)15-22(21)35-26(29)27-23(30)16-34-17-24(31)28-14-7-9-18-8-5-6-10-20(18)28/h3,5-6,8,10-12,15H,1,4,7,9,13-14,16-17H2,2H3. The Balaban J connectivity index is 1.46. The number of ether oxygens (including phenoxy) is 1. The summed E-state index contributed by atoms with van der Waals surface area (Å²) in [5.74, 6) is -0.359. The molecule has 182 valence electrons. The van der Waals surface area contributed by atoms with E-state index in [1.54, 1.807) is 25.1 Å². The molecular weight excluding hydrogens is 482 g/mol. The number of carbonyl (C=O) groups excluding carboxylic acids is 3. The predicted octanol–water partition coefficient (Wildman–Crippen LogP) is 4.21. The lowest BCUT2D eigenvalue weighted by Gasteiger charge is -2.29. The van der Waals surface area contributed by atoms with Crippen LogP contribution in [0.15, 0.2) is 60.1 Å². The molecule has 0 saturated heterocycles. The molecule has 1 aliphatic heterocycles. The topological polar surface area (TPSA) is 81.0 Å². The number of allylic oxidation sites excluding steroid dienone is 1. The van der Waals surface area contributed by atoms with E-state index in [0.717, 1.165) is 28.7 Å². The zero-order valence-electron chi connectivity index (χ0n) is 19.6. The zero-order chi connectivity index (χ0) is 24.8. The smallest absolute Gasteiger partial charge is 0.338 e. The van der Waals surface area contributed by atoms with Gasteiger partial charge in [-0.05, 0) is 49.6 Å². The number of hydrogen-bond acceptors (Lipinski definition) is 6. The van der Waals surface area contributed by atoms with E-state index < -0.39 is 0 Å². The molecule has 35 heavy (non-hydrogen) atoms. The molecule has 2 amide bonds. The first-order valence-corrected chi connectivity index (χ1v) is 13.4. The van der Waals surface area contributed by atoms with Crippen molar-refractivity contribution in [3.63, 3.8) is 0 Å². The van der Waals surface area contributed by atoms with Gasteiger partial charge in [-0.2, -0.15) is 4.99 Å². The highest BCUT2D eigenvalue weighted by molar-refractivity contribution is 8.00. The third-order valence-corrected chi connectivity index (χ3v) is 7.53. The molecule has 4 rings (SSSR count). The maximum absolute atomic E-state index is 12.8. The Hall–Kier alpha value is -3.17. The fourth-order valence-corrected chi connectivity index (χ4v) is 5.81. The number of thioether (sulfide) groups is 1. The largest absolute Gasteiger partial charge is 0.462 e. The third kappa shape index (κ3) is 5.74. The number of esters is 1. The number of benzene rings is 2. The Kier molecular flexibility index (Phi) is 8.20. The molecule has 1 aliphatic rings. The molecule has 0 spiro atoms.